The van der Waals surface area contributed by atoms with E-state index >= 15 is 0 Å². The standard InChI is InChI=1S/C11H18N2OS/c12-6-3-4-9-8-13-11(15-9)10-5-1-2-7-14-10/h8,10H,1-7,12H2. The maximum atomic E-state index is 5.71. The first-order chi connectivity index (χ1) is 7.40. The highest BCUT2D eigenvalue weighted by Crippen LogP contribution is 2.30. The lowest BCUT2D eigenvalue weighted by Gasteiger charge is -2.20. The fraction of sp³-hybridized carbons (Fsp3) is 0.727. The lowest BCUT2D eigenvalue weighted by molar-refractivity contribution is 0.0148. The molecule has 0 radical (unpaired) electrons. The molecule has 1 fully saturated rings. The molecule has 1 aliphatic heterocycles. The van der Waals surface area contributed by atoms with Crippen molar-refractivity contribution in [1.82, 2.24) is 4.98 Å². The van der Waals surface area contributed by atoms with Crippen LogP contribution < -0.4 is 5.73 Å². The number of aryl methyl sites for hydroxylation is 1. The van der Waals surface area contributed by atoms with Crippen molar-refractivity contribution < 1.29 is 4.74 Å². The summed E-state index contributed by atoms with van der Waals surface area (Å²) in [6.45, 7) is 1.65. The maximum absolute atomic E-state index is 5.71. The Morgan fingerprint density at radius 1 is 1.53 bits per heavy atom. The molecule has 2 N–H and O–H groups in total. The van der Waals surface area contributed by atoms with Gasteiger partial charge >= 0.3 is 0 Å². The summed E-state index contributed by atoms with van der Waals surface area (Å²) in [6.07, 6.45) is 7.94. The zero-order chi connectivity index (χ0) is 10.5. The van der Waals surface area contributed by atoms with Crippen molar-refractivity contribution in [3.05, 3.63) is 16.1 Å². The van der Waals surface area contributed by atoms with Gasteiger partial charge in [-0.2, -0.15) is 0 Å². The summed E-state index contributed by atoms with van der Waals surface area (Å²) in [5.74, 6) is 0. The first-order valence-corrected chi connectivity index (χ1v) is 6.48. The molecule has 15 heavy (non-hydrogen) atoms. The van der Waals surface area contributed by atoms with Crippen LogP contribution in [0.25, 0.3) is 0 Å². The fourth-order valence-electron chi connectivity index (χ4n) is 1.80. The second-order valence-corrected chi connectivity index (χ2v) is 5.06. The number of aromatic nitrogens is 1. The van der Waals surface area contributed by atoms with Crippen molar-refractivity contribution in [2.75, 3.05) is 13.2 Å². The van der Waals surface area contributed by atoms with Crippen molar-refractivity contribution in [3.63, 3.8) is 0 Å². The van der Waals surface area contributed by atoms with E-state index in [4.69, 9.17) is 10.5 Å². The van der Waals surface area contributed by atoms with Gasteiger partial charge in [-0.1, -0.05) is 0 Å². The molecular formula is C11H18N2OS. The summed E-state index contributed by atoms with van der Waals surface area (Å²) in [5, 5.41) is 1.15. The summed E-state index contributed by atoms with van der Waals surface area (Å²) in [7, 11) is 0. The molecule has 0 spiro atoms. The Morgan fingerprint density at radius 3 is 3.20 bits per heavy atom. The molecule has 0 amide bonds. The quantitative estimate of drug-likeness (QED) is 0.856. The summed E-state index contributed by atoms with van der Waals surface area (Å²) >= 11 is 1.79. The monoisotopic (exact) mass is 226 g/mol. The number of nitrogens with two attached hydrogens (primary N) is 1. The average molecular weight is 226 g/mol. The predicted octanol–water partition coefficient (Wildman–Crippen LogP) is 2.28. The lowest BCUT2D eigenvalue weighted by Crippen LogP contribution is -2.10. The Hall–Kier alpha value is -0.450. The first-order valence-electron chi connectivity index (χ1n) is 5.66. The molecule has 1 aliphatic rings. The zero-order valence-corrected chi connectivity index (χ0v) is 9.76. The van der Waals surface area contributed by atoms with Crippen molar-refractivity contribution in [2.45, 2.75) is 38.2 Å². The van der Waals surface area contributed by atoms with Crippen molar-refractivity contribution in [3.8, 4) is 0 Å². The summed E-state index contributed by atoms with van der Waals surface area (Å²) in [5.41, 5.74) is 5.49. The van der Waals surface area contributed by atoms with Crippen LogP contribution in [-0.2, 0) is 11.2 Å². The van der Waals surface area contributed by atoms with Crippen molar-refractivity contribution in [1.29, 1.82) is 0 Å². The zero-order valence-electron chi connectivity index (χ0n) is 8.95. The molecule has 2 heterocycles. The first kappa shape index (κ1) is 11.0. The van der Waals surface area contributed by atoms with Crippen LogP contribution in [0.15, 0.2) is 6.20 Å². The van der Waals surface area contributed by atoms with Gasteiger partial charge in [-0.05, 0) is 38.6 Å². The minimum absolute atomic E-state index is 0.260. The average Bonchev–Trinajstić information content (AvgIpc) is 2.76. The molecule has 0 aromatic carbocycles. The highest BCUT2D eigenvalue weighted by molar-refractivity contribution is 7.11. The van der Waals surface area contributed by atoms with Gasteiger partial charge in [0.25, 0.3) is 0 Å². The summed E-state index contributed by atoms with van der Waals surface area (Å²) in [6, 6.07) is 0. The lowest BCUT2D eigenvalue weighted by atomic mass is 10.1. The molecule has 4 heteroatoms. The highest BCUT2D eigenvalue weighted by Gasteiger charge is 2.18. The van der Waals surface area contributed by atoms with Gasteiger partial charge in [-0.3, -0.25) is 0 Å². The van der Waals surface area contributed by atoms with E-state index in [1.165, 1.54) is 17.7 Å². The summed E-state index contributed by atoms with van der Waals surface area (Å²) < 4.78 is 5.71. The minimum atomic E-state index is 0.260. The van der Waals surface area contributed by atoms with Gasteiger partial charge in [0.1, 0.15) is 11.1 Å². The Morgan fingerprint density at radius 2 is 2.47 bits per heavy atom. The van der Waals surface area contributed by atoms with Gasteiger partial charge in [0.05, 0.1) is 0 Å². The van der Waals surface area contributed by atoms with Crippen molar-refractivity contribution >= 4 is 11.3 Å². The van der Waals surface area contributed by atoms with Gasteiger partial charge in [0.15, 0.2) is 0 Å². The molecule has 0 saturated carbocycles. The molecule has 1 aromatic rings. The third-order valence-corrected chi connectivity index (χ3v) is 3.80. The molecule has 3 nitrogen and oxygen atoms in total. The van der Waals surface area contributed by atoms with Crippen LogP contribution in [0, 0.1) is 0 Å². The number of hydrogen-bond donors (Lipinski definition) is 1. The Balaban J connectivity index is 1.93. The molecule has 1 saturated heterocycles. The molecule has 0 bridgehead atoms. The second-order valence-electron chi connectivity index (χ2n) is 3.91. The van der Waals surface area contributed by atoms with Crippen LogP contribution in [0.5, 0.6) is 0 Å². The topological polar surface area (TPSA) is 48.1 Å². The number of hydrogen-bond acceptors (Lipinski definition) is 4. The number of ether oxygens (including phenoxy) is 1. The van der Waals surface area contributed by atoms with Gasteiger partial charge in [0, 0.05) is 17.7 Å². The van der Waals surface area contributed by atoms with E-state index in [0.717, 1.165) is 37.4 Å². The van der Waals surface area contributed by atoms with Gasteiger partial charge < -0.3 is 10.5 Å². The molecule has 2 rings (SSSR count). The van der Waals surface area contributed by atoms with Crippen LogP contribution in [0.3, 0.4) is 0 Å². The van der Waals surface area contributed by atoms with Crippen LogP contribution in [0.4, 0.5) is 0 Å². The highest BCUT2D eigenvalue weighted by atomic mass is 32.1. The molecular weight excluding hydrogens is 208 g/mol. The Bertz CT molecular complexity index is 295. The number of rotatable bonds is 4. The largest absolute Gasteiger partial charge is 0.371 e. The van der Waals surface area contributed by atoms with Crippen LogP contribution in [0.2, 0.25) is 0 Å². The fourth-order valence-corrected chi connectivity index (χ4v) is 2.84. The van der Waals surface area contributed by atoms with E-state index in [-0.39, 0.29) is 6.10 Å². The number of nitrogens with zero attached hydrogens (tertiary/aromatic N) is 1. The van der Waals surface area contributed by atoms with E-state index < -0.39 is 0 Å². The smallest absolute Gasteiger partial charge is 0.122 e. The molecule has 0 aliphatic carbocycles. The van der Waals surface area contributed by atoms with E-state index in [1.807, 2.05) is 6.20 Å². The van der Waals surface area contributed by atoms with E-state index in [2.05, 4.69) is 4.98 Å². The maximum Gasteiger partial charge on any atom is 0.122 e. The summed E-state index contributed by atoms with van der Waals surface area (Å²) in [4.78, 5) is 5.78. The normalized spacial score (nSPS) is 21.8. The Kier molecular flexibility index (Phi) is 4.11. The minimum Gasteiger partial charge on any atom is -0.371 e. The molecule has 1 atom stereocenters. The third-order valence-electron chi connectivity index (χ3n) is 2.65. The van der Waals surface area contributed by atoms with E-state index in [9.17, 15) is 0 Å². The second kappa shape index (κ2) is 5.58. The SMILES string of the molecule is NCCCc1cnc(C2CCCCO2)s1. The molecule has 1 unspecified atom stereocenters. The van der Waals surface area contributed by atoms with Crippen LogP contribution in [0.1, 0.15) is 41.7 Å². The van der Waals surface area contributed by atoms with Gasteiger partial charge in [-0.25, -0.2) is 4.98 Å². The molecule has 84 valence electrons. The Labute approximate surface area is 94.7 Å². The van der Waals surface area contributed by atoms with Crippen molar-refractivity contribution in [2.24, 2.45) is 5.73 Å². The van der Waals surface area contributed by atoms with E-state index in [0.29, 0.717) is 0 Å². The number of thiazole rings is 1. The van der Waals surface area contributed by atoms with Gasteiger partial charge in [-0.15, -0.1) is 11.3 Å². The van der Waals surface area contributed by atoms with Crippen LogP contribution >= 0.6 is 11.3 Å². The van der Waals surface area contributed by atoms with E-state index in [1.54, 1.807) is 11.3 Å². The van der Waals surface area contributed by atoms with Crippen LogP contribution in [-0.4, -0.2) is 18.1 Å². The van der Waals surface area contributed by atoms with Gasteiger partial charge in [0.2, 0.25) is 0 Å². The third kappa shape index (κ3) is 3.00. The predicted molar refractivity (Wildman–Crippen MR) is 62.0 cm³/mol. The molecule has 1 aromatic heterocycles.